The van der Waals surface area contributed by atoms with Crippen LogP contribution in [0.5, 0.6) is 0 Å². The minimum absolute atomic E-state index is 0.412. The van der Waals surface area contributed by atoms with Gasteiger partial charge in [-0.3, -0.25) is 4.79 Å². The van der Waals surface area contributed by atoms with Crippen LogP contribution in [0.4, 0.5) is 0 Å². The third kappa shape index (κ3) is 7.07. The standard InChI is InChI=1S/C16H10N4OS.C7H17N.C2H6/c21-9-12-2-1-3-13(19-12)11-6-10-7-14(16-17-4-5-22-16)20-15(10)18-8-11;1-4-6-7-8(3)5-2;1-2/h1-9H,(H,18,20);4-7H2,1-3H3;1-2H3. The van der Waals surface area contributed by atoms with E-state index in [4.69, 9.17) is 0 Å². The smallest absolute Gasteiger partial charge is 0.168 e. The zero-order chi connectivity index (χ0) is 23.3. The number of aromatic nitrogens is 4. The van der Waals surface area contributed by atoms with Crippen LogP contribution in [0.15, 0.2) is 48.1 Å². The highest BCUT2D eigenvalue weighted by molar-refractivity contribution is 7.13. The van der Waals surface area contributed by atoms with E-state index < -0.39 is 0 Å². The lowest BCUT2D eigenvalue weighted by molar-refractivity contribution is 0.111. The maximum Gasteiger partial charge on any atom is 0.168 e. The largest absolute Gasteiger partial charge is 0.337 e. The molecule has 4 heterocycles. The molecule has 4 rings (SSSR count). The highest BCUT2D eigenvalue weighted by Gasteiger charge is 2.08. The van der Waals surface area contributed by atoms with Crippen molar-refractivity contribution < 1.29 is 4.79 Å². The fourth-order valence-corrected chi connectivity index (χ4v) is 3.50. The van der Waals surface area contributed by atoms with E-state index in [9.17, 15) is 4.79 Å². The topological polar surface area (TPSA) is 74.8 Å². The summed E-state index contributed by atoms with van der Waals surface area (Å²) < 4.78 is 0. The Balaban J connectivity index is 0.000000311. The number of H-pyrrole nitrogens is 1. The van der Waals surface area contributed by atoms with E-state index in [1.165, 1.54) is 25.9 Å². The van der Waals surface area contributed by atoms with Gasteiger partial charge in [-0.1, -0.05) is 40.2 Å². The summed E-state index contributed by atoms with van der Waals surface area (Å²) in [5.74, 6) is 0. The molecular formula is C25H33N5OS. The first-order valence-electron chi connectivity index (χ1n) is 11.1. The van der Waals surface area contributed by atoms with Gasteiger partial charge in [-0.05, 0) is 50.8 Å². The molecule has 6 nitrogen and oxygen atoms in total. The number of rotatable bonds is 7. The van der Waals surface area contributed by atoms with Crippen LogP contribution >= 0.6 is 11.3 Å². The number of hydrogen-bond donors (Lipinski definition) is 1. The number of carbonyl (C=O) groups excluding carboxylic acids is 1. The molecule has 0 fully saturated rings. The fourth-order valence-electron chi connectivity index (χ4n) is 2.89. The lowest BCUT2D eigenvalue weighted by Crippen LogP contribution is -2.18. The van der Waals surface area contributed by atoms with E-state index in [-0.39, 0.29) is 0 Å². The molecule has 0 spiro atoms. The van der Waals surface area contributed by atoms with Gasteiger partial charge in [-0.25, -0.2) is 15.0 Å². The van der Waals surface area contributed by atoms with Crippen molar-refractivity contribution in [3.05, 3.63) is 53.8 Å². The number of nitrogens with one attached hydrogen (secondary N) is 1. The van der Waals surface area contributed by atoms with Crippen molar-refractivity contribution in [3.8, 4) is 22.0 Å². The number of fused-ring (bicyclic) bond motifs is 1. The summed E-state index contributed by atoms with van der Waals surface area (Å²) in [5, 5.41) is 3.86. The van der Waals surface area contributed by atoms with E-state index >= 15 is 0 Å². The number of pyridine rings is 2. The molecule has 7 heteroatoms. The van der Waals surface area contributed by atoms with Gasteiger partial charge in [0.2, 0.25) is 0 Å². The second kappa shape index (κ2) is 13.5. The summed E-state index contributed by atoms with van der Waals surface area (Å²) in [6.07, 6.45) is 6.92. The zero-order valence-electron chi connectivity index (χ0n) is 19.6. The Bertz CT molecular complexity index is 1080. The van der Waals surface area contributed by atoms with Gasteiger partial charge in [-0.15, -0.1) is 11.3 Å². The Labute approximate surface area is 194 Å². The number of aromatic amines is 1. The van der Waals surface area contributed by atoms with Crippen molar-refractivity contribution in [1.29, 1.82) is 0 Å². The van der Waals surface area contributed by atoms with E-state index in [1.54, 1.807) is 29.8 Å². The fraction of sp³-hybridized carbons (Fsp3) is 0.360. The van der Waals surface area contributed by atoms with E-state index in [0.29, 0.717) is 5.69 Å². The summed E-state index contributed by atoms with van der Waals surface area (Å²) >= 11 is 1.58. The monoisotopic (exact) mass is 451 g/mol. The number of hydrogen-bond acceptors (Lipinski definition) is 6. The third-order valence-corrected chi connectivity index (χ3v) is 5.56. The van der Waals surface area contributed by atoms with E-state index in [2.05, 4.69) is 45.7 Å². The molecule has 0 amide bonds. The Morgan fingerprint density at radius 1 is 1.16 bits per heavy atom. The molecule has 0 bridgehead atoms. The van der Waals surface area contributed by atoms with Gasteiger partial charge in [0.05, 0.1) is 11.4 Å². The van der Waals surface area contributed by atoms with Crippen LogP contribution in [0.2, 0.25) is 0 Å². The van der Waals surface area contributed by atoms with Crippen LogP contribution in [0, 0.1) is 0 Å². The Kier molecular flexibility index (Phi) is 10.7. The maximum absolute atomic E-state index is 10.8. The molecule has 4 aromatic rings. The van der Waals surface area contributed by atoms with Gasteiger partial charge in [0.15, 0.2) is 6.29 Å². The SMILES string of the molecule is CC.CCCCN(C)CC.O=Cc1cccc(-c2cnc3[nH]c(-c4nccs4)cc3c2)n1. The van der Waals surface area contributed by atoms with Crippen LogP contribution in [-0.4, -0.2) is 51.3 Å². The molecular weight excluding hydrogens is 418 g/mol. The molecule has 1 N–H and O–H groups in total. The van der Waals surface area contributed by atoms with Gasteiger partial charge >= 0.3 is 0 Å². The minimum atomic E-state index is 0.412. The Morgan fingerprint density at radius 2 is 1.97 bits per heavy atom. The first-order valence-corrected chi connectivity index (χ1v) is 12.0. The second-order valence-electron chi connectivity index (χ2n) is 7.00. The van der Waals surface area contributed by atoms with Gasteiger partial charge in [0, 0.05) is 28.7 Å². The van der Waals surface area contributed by atoms with Crippen molar-refractivity contribution in [3.63, 3.8) is 0 Å². The molecule has 0 unspecified atom stereocenters. The van der Waals surface area contributed by atoms with Crippen molar-refractivity contribution in [2.45, 2.75) is 40.5 Å². The molecule has 0 saturated carbocycles. The summed E-state index contributed by atoms with van der Waals surface area (Å²) in [5.41, 5.74) is 3.77. The van der Waals surface area contributed by atoms with Crippen LogP contribution in [0.3, 0.4) is 0 Å². The van der Waals surface area contributed by atoms with Crippen LogP contribution in [0.1, 0.15) is 51.0 Å². The Hall–Kier alpha value is -2.90. The molecule has 4 aromatic heterocycles. The van der Waals surface area contributed by atoms with Crippen molar-refractivity contribution in [2.24, 2.45) is 0 Å². The van der Waals surface area contributed by atoms with Crippen molar-refractivity contribution in [1.82, 2.24) is 24.8 Å². The normalized spacial score (nSPS) is 10.3. The molecule has 170 valence electrons. The van der Waals surface area contributed by atoms with Crippen molar-refractivity contribution in [2.75, 3.05) is 20.1 Å². The predicted octanol–water partition coefficient (Wildman–Crippen LogP) is 6.33. The minimum Gasteiger partial charge on any atom is -0.337 e. The van der Waals surface area contributed by atoms with Gasteiger partial charge in [0.1, 0.15) is 16.3 Å². The quantitative estimate of drug-likeness (QED) is 0.333. The molecule has 0 aliphatic carbocycles. The molecule has 0 radical (unpaired) electrons. The predicted molar refractivity (Wildman–Crippen MR) is 135 cm³/mol. The highest BCUT2D eigenvalue weighted by atomic mass is 32.1. The van der Waals surface area contributed by atoms with E-state index in [1.807, 2.05) is 43.5 Å². The second-order valence-corrected chi connectivity index (χ2v) is 7.89. The first-order chi connectivity index (χ1) is 15.6. The van der Waals surface area contributed by atoms with Crippen LogP contribution in [-0.2, 0) is 0 Å². The molecule has 0 atom stereocenters. The maximum atomic E-state index is 10.8. The van der Waals surface area contributed by atoms with E-state index in [0.717, 1.165) is 39.3 Å². The number of carbonyl (C=O) groups is 1. The number of unbranched alkanes of at least 4 members (excludes halogenated alkanes) is 1. The summed E-state index contributed by atoms with van der Waals surface area (Å²) in [7, 11) is 2.16. The zero-order valence-corrected chi connectivity index (χ0v) is 20.4. The molecule has 32 heavy (non-hydrogen) atoms. The van der Waals surface area contributed by atoms with Crippen LogP contribution < -0.4 is 0 Å². The highest BCUT2D eigenvalue weighted by Crippen LogP contribution is 2.27. The van der Waals surface area contributed by atoms with Gasteiger partial charge in [-0.2, -0.15) is 0 Å². The average molecular weight is 452 g/mol. The summed E-state index contributed by atoms with van der Waals surface area (Å²) in [6.45, 7) is 10.9. The lowest BCUT2D eigenvalue weighted by Gasteiger charge is -2.11. The lowest BCUT2D eigenvalue weighted by atomic mass is 10.1. The number of thiazole rings is 1. The number of nitrogens with zero attached hydrogens (tertiary/aromatic N) is 4. The average Bonchev–Trinajstić information content (AvgIpc) is 3.53. The van der Waals surface area contributed by atoms with Gasteiger partial charge in [0.25, 0.3) is 0 Å². The first kappa shape index (κ1) is 25.4. The van der Waals surface area contributed by atoms with Gasteiger partial charge < -0.3 is 9.88 Å². The summed E-state index contributed by atoms with van der Waals surface area (Å²) in [4.78, 5) is 29.5. The summed E-state index contributed by atoms with van der Waals surface area (Å²) in [6, 6.07) is 9.39. The van der Waals surface area contributed by atoms with Crippen molar-refractivity contribution >= 4 is 28.7 Å². The van der Waals surface area contributed by atoms with Crippen LogP contribution in [0.25, 0.3) is 33.0 Å². The molecule has 0 aromatic carbocycles. The number of aldehydes is 1. The molecule has 0 aliphatic heterocycles. The Morgan fingerprint density at radius 3 is 2.62 bits per heavy atom. The third-order valence-electron chi connectivity index (χ3n) is 4.75. The molecule has 0 aliphatic rings. The molecule has 0 saturated heterocycles.